The summed E-state index contributed by atoms with van der Waals surface area (Å²) in [6.07, 6.45) is 9.11. The first-order valence-electron chi connectivity index (χ1n) is 6.40. The van der Waals surface area contributed by atoms with Crippen LogP contribution in [0.4, 0.5) is 0 Å². The highest BCUT2D eigenvalue weighted by Crippen LogP contribution is 2.28. The molecule has 1 saturated carbocycles. The third-order valence-corrected chi connectivity index (χ3v) is 4.51. The lowest BCUT2D eigenvalue weighted by Crippen LogP contribution is -2.35. The van der Waals surface area contributed by atoms with Gasteiger partial charge in [0.25, 0.3) is 0 Å². The highest BCUT2D eigenvalue weighted by Gasteiger charge is 2.24. The first kappa shape index (κ1) is 13.4. The van der Waals surface area contributed by atoms with Crippen molar-refractivity contribution in [3.8, 4) is 0 Å². The van der Waals surface area contributed by atoms with E-state index in [4.69, 9.17) is 0 Å². The van der Waals surface area contributed by atoms with Gasteiger partial charge in [0, 0.05) is 17.3 Å². The number of rotatable bonds is 6. The molecule has 1 N–H and O–H groups in total. The van der Waals surface area contributed by atoms with Crippen LogP contribution in [0.15, 0.2) is 0 Å². The fraction of sp³-hybridized carbons (Fsp3) is 1.00. The summed E-state index contributed by atoms with van der Waals surface area (Å²) >= 11 is 2.04. The maximum Gasteiger partial charge on any atom is 0.00804 e. The monoisotopic (exact) mass is 229 g/mol. The Labute approximate surface area is 99.8 Å². The van der Waals surface area contributed by atoms with Gasteiger partial charge in [-0.1, -0.05) is 13.8 Å². The Morgan fingerprint density at radius 2 is 1.93 bits per heavy atom. The average Bonchev–Trinajstić information content (AvgIpc) is 2.62. The molecule has 1 nitrogen and oxygen atoms in total. The number of nitrogens with one attached hydrogen (secondary N) is 1. The third kappa shape index (κ3) is 5.26. The molecule has 15 heavy (non-hydrogen) atoms. The summed E-state index contributed by atoms with van der Waals surface area (Å²) < 4.78 is 0. The molecular weight excluding hydrogens is 202 g/mol. The molecule has 0 saturated heterocycles. The fourth-order valence-electron chi connectivity index (χ4n) is 2.37. The van der Waals surface area contributed by atoms with Gasteiger partial charge < -0.3 is 5.32 Å². The Morgan fingerprint density at radius 1 is 1.20 bits per heavy atom. The molecule has 3 unspecified atom stereocenters. The van der Waals surface area contributed by atoms with Crippen molar-refractivity contribution >= 4 is 11.8 Å². The fourth-order valence-corrected chi connectivity index (χ4v) is 3.17. The van der Waals surface area contributed by atoms with Crippen molar-refractivity contribution < 1.29 is 0 Å². The molecule has 0 spiro atoms. The zero-order chi connectivity index (χ0) is 11.3. The molecule has 0 aromatic carbocycles. The molecule has 3 atom stereocenters. The van der Waals surface area contributed by atoms with Crippen molar-refractivity contribution in [3.63, 3.8) is 0 Å². The predicted molar refractivity (Wildman–Crippen MR) is 71.6 cm³/mol. The largest absolute Gasteiger partial charge is 0.311 e. The Balaban J connectivity index is 2.13. The molecule has 0 aromatic rings. The van der Waals surface area contributed by atoms with Crippen LogP contribution in [-0.2, 0) is 0 Å². The van der Waals surface area contributed by atoms with Gasteiger partial charge in [-0.05, 0) is 51.2 Å². The van der Waals surface area contributed by atoms with E-state index in [1.165, 1.54) is 32.1 Å². The molecule has 90 valence electrons. The van der Waals surface area contributed by atoms with Gasteiger partial charge in [0.1, 0.15) is 0 Å². The van der Waals surface area contributed by atoms with Crippen molar-refractivity contribution in [2.75, 3.05) is 6.26 Å². The predicted octanol–water partition coefficient (Wildman–Crippen LogP) is 3.68. The molecule has 1 rings (SSSR count). The van der Waals surface area contributed by atoms with Crippen molar-refractivity contribution in [2.24, 2.45) is 5.92 Å². The quantitative estimate of drug-likeness (QED) is 0.745. The molecule has 0 amide bonds. The van der Waals surface area contributed by atoms with Gasteiger partial charge in [-0.3, -0.25) is 0 Å². The van der Waals surface area contributed by atoms with Crippen LogP contribution >= 0.6 is 11.8 Å². The first-order chi connectivity index (χ1) is 7.11. The van der Waals surface area contributed by atoms with E-state index in [0.29, 0.717) is 6.04 Å². The molecule has 0 radical (unpaired) electrons. The second-order valence-corrected chi connectivity index (χ2v) is 6.54. The molecule has 0 aliphatic heterocycles. The van der Waals surface area contributed by atoms with E-state index in [9.17, 15) is 0 Å². The highest BCUT2D eigenvalue weighted by atomic mass is 32.2. The Kier molecular flexibility index (Phi) is 6.06. The van der Waals surface area contributed by atoms with Gasteiger partial charge in [0.15, 0.2) is 0 Å². The zero-order valence-electron chi connectivity index (χ0n) is 10.8. The van der Waals surface area contributed by atoms with Crippen molar-refractivity contribution in [1.82, 2.24) is 5.32 Å². The lowest BCUT2D eigenvalue weighted by Gasteiger charge is -2.20. The van der Waals surface area contributed by atoms with Crippen LogP contribution < -0.4 is 5.32 Å². The molecule has 1 aliphatic rings. The molecule has 2 heteroatoms. The average molecular weight is 229 g/mol. The van der Waals surface area contributed by atoms with Gasteiger partial charge >= 0.3 is 0 Å². The van der Waals surface area contributed by atoms with Crippen LogP contribution in [0.2, 0.25) is 0 Å². The van der Waals surface area contributed by atoms with Gasteiger partial charge in [-0.2, -0.15) is 11.8 Å². The van der Waals surface area contributed by atoms with Crippen LogP contribution in [0.5, 0.6) is 0 Å². The number of thioether (sulfide) groups is 1. The number of hydrogen-bond acceptors (Lipinski definition) is 2. The van der Waals surface area contributed by atoms with Crippen molar-refractivity contribution in [2.45, 2.75) is 70.2 Å². The summed E-state index contributed by atoms with van der Waals surface area (Å²) in [7, 11) is 0. The molecule has 1 aliphatic carbocycles. The number of hydrogen-bond donors (Lipinski definition) is 1. The van der Waals surface area contributed by atoms with E-state index in [-0.39, 0.29) is 0 Å². The van der Waals surface area contributed by atoms with Gasteiger partial charge in [-0.25, -0.2) is 0 Å². The Bertz CT molecular complexity index is 170. The summed E-state index contributed by atoms with van der Waals surface area (Å²) in [5, 5.41) is 4.70. The first-order valence-corrected chi connectivity index (χ1v) is 7.69. The molecule has 0 heterocycles. The molecule has 0 aromatic heterocycles. The van der Waals surface area contributed by atoms with Gasteiger partial charge in [0.2, 0.25) is 0 Å². The molecular formula is C13H27NS. The maximum absolute atomic E-state index is 3.79. The van der Waals surface area contributed by atoms with E-state index >= 15 is 0 Å². The van der Waals surface area contributed by atoms with Crippen LogP contribution in [0.25, 0.3) is 0 Å². The van der Waals surface area contributed by atoms with E-state index in [1.807, 2.05) is 11.8 Å². The van der Waals surface area contributed by atoms with Crippen molar-refractivity contribution in [3.05, 3.63) is 0 Å². The van der Waals surface area contributed by atoms with E-state index in [2.05, 4.69) is 32.3 Å². The second kappa shape index (κ2) is 6.80. The SMILES string of the molecule is CSC1CCC(NC(C)CCC(C)C)C1. The minimum Gasteiger partial charge on any atom is -0.311 e. The summed E-state index contributed by atoms with van der Waals surface area (Å²) in [5.41, 5.74) is 0. The summed E-state index contributed by atoms with van der Waals surface area (Å²) in [6, 6.07) is 1.50. The van der Waals surface area contributed by atoms with Gasteiger partial charge in [-0.15, -0.1) is 0 Å². The molecule has 0 bridgehead atoms. The van der Waals surface area contributed by atoms with Crippen LogP contribution in [-0.4, -0.2) is 23.6 Å². The third-order valence-electron chi connectivity index (χ3n) is 3.42. The van der Waals surface area contributed by atoms with Crippen LogP contribution in [0, 0.1) is 5.92 Å². The minimum atomic E-state index is 0.706. The van der Waals surface area contributed by atoms with Crippen LogP contribution in [0.3, 0.4) is 0 Å². The Morgan fingerprint density at radius 3 is 2.47 bits per heavy atom. The zero-order valence-corrected chi connectivity index (χ0v) is 11.6. The van der Waals surface area contributed by atoms with E-state index in [1.54, 1.807) is 0 Å². The van der Waals surface area contributed by atoms with E-state index < -0.39 is 0 Å². The second-order valence-electron chi connectivity index (χ2n) is 5.41. The lowest BCUT2D eigenvalue weighted by molar-refractivity contribution is 0.402. The normalized spacial score (nSPS) is 28.6. The summed E-state index contributed by atoms with van der Waals surface area (Å²) in [4.78, 5) is 0. The minimum absolute atomic E-state index is 0.706. The smallest absolute Gasteiger partial charge is 0.00804 e. The standard InChI is InChI=1S/C13H27NS/c1-10(2)5-6-11(3)14-12-7-8-13(9-12)15-4/h10-14H,5-9H2,1-4H3. The van der Waals surface area contributed by atoms with Gasteiger partial charge in [0.05, 0.1) is 0 Å². The van der Waals surface area contributed by atoms with Crippen molar-refractivity contribution in [1.29, 1.82) is 0 Å². The summed E-state index contributed by atoms with van der Waals surface area (Å²) in [5.74, 6) is 0.844. The summed E-state index contributed by atoms with van der Waals surface area (Å²) in [6.45, 7) is 6.97. The Hall–Kier alpha value is 0.310. The highest BCUT2D eigenvalue weighted by molar-refractivity contribution is 7.99. The van der Waals surface area contributed by atoms with Crippen LogP contribution in [0.1, 0.15) is 52.9 Å². The molecule has 1 fully saturated rings. The maximum atomic E-state index is 3.79. The lowest BCUT2D eigenvalue weighted by atomic mass is 10.0. The van der Waals surface area contributed by atoms with E-state index in [0.717, 1.165) is 17.2 Å². The topological polar surface area (TPSA) is 12.0 Å².